The van der Waals surface area contributed by atoms with Crippen molar-refractivity contribution in [3.63, 3.8) is 0 Å². The third kappa shape index (κ3) is 2.69. The molecule has 0 radical (unpaired) electrons. The Morgan fingerprint density at radius 3 is 2.71 bits per heavy atom. The van der Waals surface area contributed by atoms with Crippen molar-refractivity contribution in [3.05, 3.63) is 66.0 Å². The average Bonchev–Trinajstić information content (AvgIpc) is 2.73. The number of hydrogen-bond acceptors (Lipinski definition) is 2. The molecule has 0 unspecified atom stereocenters. The Kier molecular flexibility index (Phi) is 3.50. The molecule has 0 N–H and O–H groups in total. The SMILES string of the molecule is C=CCn1cc(C=O)c(Cc2ccccc2)n1. The van der Waals surface area contributed by atoms with Gasteiger partial charge >= 0.3 is 0 Å². The lowest BCUT2D eigenvalue weighted by Gasteiger charge is -1.98. The van der Waals surface area contributed by atoms with E-state index in [1.54, 1.807) is 17.0 Å². The fourth-order valence-electron chi connectivity index (χ4n) is 1.73. The molecule has 1 heterocycles. The monoisotopic (exact) mass is 226 g/mol. The van der Waals surface area contributed by atoms with E-state index in [2.05, 4.69) is 11.7 Å². The number of carbonyl (C=O) groups excluding carboxylic acids is 1. The molecule has 3 heteroatoms. The van der Waals surface area contributed by atoms with Crippen LogP contribution in [0.25, 0.3) is 0 Å². The van der Waals surface area contributed by atoms with Crippen molar-refractivity contribution < 1.29 is 4.79 Å². The molecule has 0 aliphatic carbocycles. The Morgan fingerprint density at radius 1 is 1.29 bits per heavy atom. The third-order valence-electron chi connectivity index (χ3n) is 2.53. The van der Waals surface area contributed by atoms with Crippen LogP contribution in [-0.4, -0.2) is 16.1 Å². The number of aldehydes is 1. The van der Waals surface area contributed by atoms with E-state index in [4.69, 9.17) is 0 Å². The summed E-state index contributed by atoms with van der Waals surface area (Å²) in [6.07, 6.45) is 5.05. The minimum absolute atomic E-state index is 0.621. The molecule has 0 aliphatic rings. The lowest BCUT2D eigenvalue weighted by atomic mass is 10.1. The van der Waals surface area contributed by atoms with Gasteiger partial charge < -0.3 is 0 Å². The summed E-state index contributed by atoms with van der Waals surface area (Å²) >= 11 is 0. The summed E-state index contributed by atoms with van der Waals surface area (Å²) in [5.41, 5.74) is 2.61. The summed E-state index contributed by atoms with van der Waals surface area (Å²) in [4.78, 5) is 11.0. The molecule has 86 valence electrons. The molecule has 2 rings (SSSR count). The second-order valence-corrected chi connectivity index (χ2v) is 3.82. The van der Waals surface area contributed by atoms with E-state index in [1.165, 1.54) is 0 Å². The van der Waals surface area contributed by atoms with E-state index in [0.717, 1.165) is 17.5 Å². The summed E-state index contributed by atoms with van der Waals surface area (Å²) in [5.74, 6) is 0. The number of allylic oxidation sites excluding steroid dienone is 1. The highest BCUT2D eigenvalue weighted by Gasteiger charge is 2.08. The van der Waals surface area contributed by atoms with Crippen molar-refractivity contribution in [2.24, 2.45) is 0 Å². The van der Waals surface area contributed by atoms with E-state index in [-0.39, 0.29) is 0 Å². The molecule has 0 atom stereocenters. The molecule has 3 nitrogen and oxygen atoms in total. The van der Waals surface area contributed by atoms with E-state index in [9.17, 15) is 4.79 Å². The van der Waals surface area contributed by atoms with Gasteiger partial charge in [0, 0.05) is 12.6 Å². The first-order valence-corrected chi connectivity index (χ1v) is 5.50. The highest BCUT2D eigenvalue weighted by atomic mass is 16.1. The van der Waals surface area contributed by atoms with Gasteiger partial charge in [0.05, 0.1) is 17.8 Å². The standard InChI is InChI=1S/C14H14N2O/c1-2-8-16-10-13(11-17)14(15-16)9-12-6-4-3-5-7-12/h2-7,10-11H,1,8-9H2. The minimum Gasteiger partial charge on any atom is -0.298 e. The van der Waals surface area contributed by atoms with Crippen LogP contribution < -0.4 is 0 Å². The molecule has 0 spiro atoms. The summed E-state index contributed by atoms with van der Waals surface area (Å²) in [5, 5.41) is 4.38. The predicted octanol–water partition coefficient (Wildman–Crippen LogP) is 2.47. The van der Waals surface area contributed by atoms with Crippen LogP contribution in [0.3, 0.4) is 0 Å². The zero-order valence-electron chi connectivity index (χ0n) is 9.54. The molecule has 17 heavy (non-hydrogen) atoms. The van der Waals surface area contributed by atoms with E-state index < -0.39 is 0 Å². The fourth-order valence-corrected chi connectivity index (χ4v) is 1.73. The number of nitrogens with zero attached hydrogens (tertiary/aromatic N) is 2. The molecule has 0 amide bonds. The largest absolute Gasteiger partial charge is 0.298 e. The fraction of sp³-hybridized carbons (Fsp3) is 0.143. The van der Waals surface area contributed by atoms with Crippen LogP contribution >= 0.6 is 0 Å². The van der Waals surface area contributed by atoms with E-state index in [0.29, 0.717) is 18.5 Å². The zero-order valence-corrected chi connectivity index (χ0v) is 9.54. The zero-order chi connectivity index (χ0) is 12.1. The number of carbonyl (C=O) groups is 1. The molecule has 0 saturated heterocycles. The van der Waals surface area contributed by atoms with Crippen molar-refractivity contribution in [1.29, 1.82) is 0 Å². The van der Waals surface area contributed by atoms with Gasteiger partial charge in [-0.05, 0) is 5.56 Å². The number of hydrogen-bond donors (Lipinski definition) is 0. The molecule has 1 aromatic heterocycles. The Morgan fingerprint density at radius 2 is 2.06 bits per heavy atom. The maximum atomic E-state index is 11.0. The number of aromatic nitrogens is 2. The van der Waals surface area contributed by atoms with Crippen LogP contribution in [0.4, 0.5) is 0 Å². The van der Waals surface area contributed by atoms with Crippen LogP contribution in [0, 0.1) is 0 Å². The first kappa shape index (κ1) is 11.3. The average molecular weight is 226 g/mol. The van der Waals surface area contributed by atoms with Crippen molar-refractivity contribution in [3.8, 4) is 0 Å². The molecule has 1 aromatic carbocycles. The van der Waals surface area contributed by atoms with Crippen molar-refractivity contribution in [1.82, 2.24) is 9.78 Å². The van der Waals surface area contributed by atoms with Gasteiger partial charge in [-0.3, -0.25) is 9.48 Å². The minimum atomic E-state index is 0.621. The number of rotatable bonds is 5. The first-order valence-electron chi connectivity index (χ1n) is 5.50. The van der Waals surface area contributed by atoms with Crippen molar-refractivity contribution in [2.45, 2.75) is 13.0 Å². The van der Waals surface area contributed by atoms with Crippen molar-refractivity contribution >= 4 is 6.29 Å². The Balaban J connectivity index is 2.25. The lowest BCUT2D eigenvalue weighted by molar-refractivity contribution is 0.112. The van der Waals surface area contributed by atoms with Crippen LogP contribution in [0.1, 0.15) is 21.6 Å². The molecule has 0 aliphatic heterocycles. The van der Waals surface area contributed by atoms with Crippen molar-refractivity contribution in [2.75, 3.05) is 0 Å². The topological polar surface area (TPSA) is 34.9 Å². The molecule has 2 aromatic rings. The van der Waals surface area contributed by atoms with Crippen LogP contribution in [0.15, 0.2) is 49.2 Å². The highest BCUT2D eigenvalue weighted by Crippen LogP contribution is 2.11. The van der Waals surface area contributed by atoms with Gasteiger partial charge in [-0.2, -0.15) is 5.10 Å². The van der Waals surface area contributed by atoms with Gasteiger partial charge in [-0.15, -0.1) is 6.58 Å². The van der Waals surface area contributed by atoms with Gasteiger partial charge in [0.1, 0.15) is 0 Å². The molecular formula is C14H14N2O. The van der Waals surface area contributed by atoms with Gasteiger partial charge in [0.15, 0.2) is 6.29 Å². The van der Waals surface area contributed by atoms with Crippen LogP contribution in [0.2, 0.25) is 0 Å². The van der Waals surface area contributed by atoms with Gasteiger partial charge in [-0.25, -0.2) is 0 Å². The summed E-state index contributed by atoms with van der Waals surface area (Å²) < 4.78 is 1.73. The van der Waals surface area contributed by atoms with Gasteiger partial charge in [0.25, 0.3) is 0 Å². The number of benzene rings is 1. The Labute approximate surface area is 100 Å². The van der Waals surface area contributed by atoms with Crippen LogP contribution in [0.5, 0.6) is 0 Å². The maximum Gasteiger partial charge on any atom is 0.153 e. The highest BCUT2D eigenvalue weighted by molar-refractivity contribution is 5.76. The normalized spacial score (nSPS) is 10.1. The molecular weight excluding hydrogens is 212 g/mol. The smallest absolute Gasteiger partial charge is 0.153 e. The Bertz CT molecular complexity index is 514. The summed E-state index contributed by atoms with van der Waals surface area (Å²) in [7, 11) is 0. The van der Waals surface area contributed by atoms with Crippen LogP contribution in [-0.2, 0) is 13.0 Å². The summed E-state index contributed by atoms with van der Waals surface area (Å²) in [6, 6.07) is 10.00. The summed E-state index contributed by atoms with van der Waals surface area (Å²) in [6.45, 7) is 4.28. The second kappa shape index (κ2) is 5.25. The van der Waals surface area contributed by atoms with Gasteiger partial charge in [-0.1, -0.05) is 36.4 Å². The first-order chi connectivity index (χ1) is 8.33. The van der Waals surface area contributed by atoms with E-state index in [1.807, 2.05) is 30.3 Å². The van der Waals surface area contributed by atoms with E-state index >= 15 is 0 Å². The quantitative estimate of drug-likeness (QED) is 0.580. The third-order valence-corrected chi connectivity index (χ3v) is 2.53. The predicted molar refractivity (Wildman–Crippen MR) is 67.1 cm³/mol. The molecule has 0 fully saturated rings. The molecule has 0 bridgehead atoms. The second-order valence-electron chi connectivity index (χ2n) is 3.82. The molecule has 0 saturated carbocycles. The Hall–Kier alpha value is -2.16. The lowest BCUT2D eigenvalue weighted by Crippen LogP contribution is -1.97. The maximum absolute atomic E-state index is 11.0. The van der Waals surface area contributed by atoms with Gasteiger partial charge in [0.2, 0.25) is 0 Å².